The summed E-state index contributed by atoms with van der Waals surface area (Å²) < 4.78 is 5.11. The molecule has 0 aromatic heterocycles. The van der Waals surface area contributed by atoms with Crippen LogP contribution in [0.25, 0.3) is 0 Å². The number of anilines is 1. The molecule has 0 unspecified atom stereocenters. The highest BCUT2D eigenvalue weighted by Gasteiger charge is 2.18. The first kappa shape index (κ1) is 22.5. The van der Waals surface area contributed by atoms with Crippen molar-refractivity contribution in [2.24, 2.45) is 0 Å². The predicted octanol–water partition coefficient (Wildman–Crippen LogP) is 3.83. The molecule has 7 heteroatoms. The molecule has 2 rings (SSSR count). The minimum absolute atomic E-state index is 0.0933. The van der Waals surface area contributed by atoms with Crippen LogP contribution in [0.2, 0.25) is 0 Å². The average molecular weight is 415 g/mol. The Bertz CT molecular complexity index is 838. The van der Waals surface area contributed by atoms with E-state index in [0.29, 0.717) is 24.3 Å². The number of amides is 2. The van der Waals surface area contributed by atoms with Crippen LogP contribution in [0, 0.1) is 0 Å². The lowest BCUT2D eigenvalue weighted by molar-refractivity contribution is -0.146. The number of nitrogens with one attached hydrogen (secondary N) is 1. The maximum atomic E-state index is 12.4. The number of hydrogen-bond donors (Lipinski definition) is 1. The molecular formula is C22H26N2O4S. The first-order valence-electron chi connectivity index (χ1n) is 9.52. The van der Waals surface area contributed by atoms with E-state index in [1.807, 2.05) is 44.2 Å². The second kappa shape index (κ2) is 11.3. The molecule has 2 aromatic rings. The smallest absolute Gasteiger partial charge is 0.319 e. The van der Waals surface area contributed by atoms with Crippen LogP contribution in [0.3, 0.4) is 0 Å². The molecule has 6 nitrogen and oxygen atoms in total. The molecule has 2 aromatic carbocycles. The van der Waals surface area contributed by atoms with Crippen LogP contribution >= 0.6 is 11.8 Å². The Morgan fingerprint density at radius 1 is 1.03 bits per heavy atom. The molecule has 0 saturated heterocycles. The van der Waals surface area contributed by atoms with Crippen LogP contribution in [-0.4, -0.2) is 47.6 Å². The van der Waals surface area contributed by atoms with Gasteiger partial charge in [-0.1, -0.05) is 24.3 Å². The monoisotopic (exact) mass is 414 g/mol. The number of carbonyl (C=O) groups is 3. The number of carbonyl (C=O) groups excluding carboxylic acids is 3. The fraction of sp³-hybridized carbons (Fsp3) is 0.318. The highest BCUT2D eigenvalue weighted by molar-refractivity contribution is 8.00. The molecule has 2 amide bonds. The summed E-state index contributed by atoms with van der Waals surface area (Å²) in [7, 11) is 0. The van der Waals surface area contributed by atoms with Gasteiger partial charge in [0, 0.05) is 29.2 Å². The summed E-state index contributed by atoms with van der Waals surface area (Å²) in [5.41, 5.74) is 0.979. The minimum atomic E-state index is -0.459. The normalized spacial score (nSPS) is 11.4. The Hall–Kier alpha value is -2.80. The van der Waals surface area contributed by atoms with E-state index in [0.717, 1.165) is 4.90 Å². The number of esters is 1. The Morgan fingerprint density at radius 2 is 1.72 bits per heavy atom. The molecule has 0 radical (unpaired) electrons. The largest absolute Gasteiger partial charge is 0.455 e. The second-order valence-electron chi connectivity index (χ2n) is 6.29. The topological polar surface area (TPSA) is 75.7 Å². The van der Waals surface area contributed by atoms with Gasteiger partial charge in [0.05, 0.1) is 0 Å². The highest BCUT2D eigenvalue weighted by Crippen LogP contribution is 2.23. The van der Waals surface area contributed by atoms with Gasteiger partial charge in [-0.2, -0.15) is 0 Å². The lowest BCUT2D eigenvalue weighted by atomic mass is 10.1. The third-order valence-electron chi connectivity index (χ3n) is 4.18. The van der Waals surface area contributed by atoms with E-state index in [-0.39, 0.29) is 12.5 Å². The van der Waals surface area contributed by atoms with Gasteiger partial charge in [-0.3, -0.25) is 14.4 Å². The molecule has 154 valence electrons. The zero-order valence-electron chi connectivity index (χ0n) is 16.9. The summed E-state index contributed by atoms with van der Waals surface area (Å²) in [4.78, 5) is 39.3. The zero-order valence-corrected chi connectivity index (χ0v) is 17.7. The molecule has 1 atom stereocenters. The van der Waals surface area contributed by atoms with Crippen LogP contribution < -0.4 is 5.32 Å². The van der Waals surface area contributed by atoms with E-state index in [1.165, 1.54) is 11.8 Å². The van der Waals surface area contributed by atoms with Crippen molar-refractivity contribution in [3.8, 4) is 0 Å². The lowest BCUT2D eigenvalue weighted by Crippen LogP contribution is -2.30. The van der Waals surface area contributed by atoms with Crippen molar-refractivity contribution < 1.29 is 19.1 Å². The number of ether oxygens (including phenoxy) is 1. The van der Waals surface area contributed by atoms with Gasteiger partial charge in [-0.25, -0.2) is 0 Å². The van der Waals surface area contributed by atoms with Gasteiger partial charge in [0.15, 0.2) is 6.61 Å². The zero-order chi connectivity index (χ0) is 21.2. The maximum Gasteiger partial charge on any atom is 0.319 e. The molecule has 0 spiro atoms. The van der Waals surface area contributed by atoms with Gasteiger partial charge in [0.25, 0.3) is 11.8 Å². The van der Waals surface area contributed by atoms with E-state index >= 15 is 0 Å². The molecule has 0 bridgehead atoms. The third kappa shape index (κ3) is 6.94. The van der Waals surface area contributed by atoms with E-state index in [4.69, 9.17) is 4.74 Å². The van der Waals surface area contributed by atoms with Gasteiger partial charge >= 0.3 is 5.97 Å². The van der Waals surface area contributed by atoms with E-state index < -0.39 is 17.1 Å². The van der Waals surface area contributed by atoms with Crippen molar-refractivity contribution in [3.63, 3.8) is 0 Å². The van der Waals surface area contributed by atoms with E-state index in [9.17, 15) is 14.4 Å². The molecule has 1 N–H and O–H groups in total. The summed E-state index contributed by atoms with van der Waals surface area (Å²) in [5, 5.41) is 2.23. The van der Waals surface area contributed by atoms with E-state index in [2.05, 4.69) is 5.32 Å². The quantitative estimate of drug-likeness (QED) is 0.499. The molecule has 0 aliphatic heterocycles. The SMILES string of the molecule is CCN(CC)C(=O)c1cccc(NC(=O)COC(=O)[C@H](C)Sc2ccccc2)c1. The van der Waals surface area contributed by atoms with Crippen LogP contribution in [0.4, 0.5) is 5.69 Å². The van der Waals surface area contributed by atoms with Crippen molar-refractivity contribution in [2.45, 2.75) is 30.9 Å². The van der Waals surface area contributed by atoms with Gasteiger partial charge in [0.2, 0.25) is 0 Å². The first-order chi connectivity index (χ1) is 13.9. The molecule has 0 heterocycles. The first-order valence-corrected chi connectivity index (χ1v) is 10.4. The summed E-state index contributed by atoms with van der Waals surface area (Å²) in [6.07, 6.45) is 0. The Balaban J connectivity index is 1.86. The fourth-order valence-electron chi connectivity index (χ4n) is 2.63. The number of rotatable bonds is 9. The lowest BCUT2D eigenvalue weighted by Gasteiger charge is -2.19. The molecule has 29 heavy (non-hydrogen) atoms. The Labute approximate surface area is 175 Å². The van der Waals surface area contributed by atoms with Gasteiger partial charge < -0.3 is 15.0 Å². The van der Waals surface area contributed by atoms with Crippen molar-refractivity contribution in [1.29, 1.82) is 0 Å². The van der Waals surface area contributed by atoms with Crippen LogP contribution in [0.5, 0.6) is 0 Å². The summed E-state index contributed by atoms with van der Waals surface area (Å²) in [6, 6.07) is 16.2. The summed E-state index contributed by atoms with van der Waals surface area (Å²) in [6.45, 7) is 6.41. The average Bonchev–Trinajstić information content (AvgIpc) is 2.73. The van der Waals surface area contributed by atoms with Gasteiger partial charge in [-0.15, -0.1) is 11.8 Å². The summed E-state index contributed by atoms with van der Waals surface area (Å²) in [5.74, 6) is -1.01. The minimum Gasteiger partial charge on any atom is -0.455 e. The van der Waals surface area contributed by atoms with E-state index in [1.54, 1.807) is 36.1 Å². The molecule has 0 aliphatic rings. The number of hydrogen-bond acceptors (Lipinski definition) is 5. The second-order valence-corrected chi connectivity index (χ2v) is 7.70. The van der Waals surface area contributed by atoms with Gasteiger partial charge in [-0.05, 0) is 51.1 Å². The highest BCUT2D eigenvalue weighted by atomic mass is 32.2. The van der Waals surface area contributed by atoms with Crippen molar-refractivity contribution >= 4 is 35.2 Å². The number of nitrogens with zero attached hydrogens (tertiary/aromatic N) is 1. The standard InChI is InChI=1S/C22H26N2O4S/c1-4-24(5-2)21(26)17-10-9-11-18(14-17)23-20(25)15-28-22(27)16(3)29-19-12-7-6-8-13-19/h6-14,16H,4-5,15H2,1-3H3,(H,23,25)/t16-/m0/s1. The van der Waals surface area contributed by atoms with Crippen molar-refractivity contribution in [2.75, 3.05) is 25.0 Å². The molecule has 0 fully saturated rings. The van der Waals surface area contributed by atoms with Crippen molar-refractivity contribution in [1.82, 2.24) is 4.90 Å². The summed E-state index contributed by atoms with van der Waals surface area (Å²) >= 11 is 1.37. The van der Waals surface area contributed by atoms with Crippen LogP contribution in [0.1, 0.15) is 31.1 Å². The van der Waals surface area contributed by atoms with Crippen LogP contribution in [-0.2, 0) is 14.3 Å². The molecule has 0 aliphatic carbocycles. The molecule has 0 saturated carbocycles. The van der Waals surface area contributed by atoms with Crippen LogP contribution in [0.15, 0.2) is 59.5 Å². The van der Waals surface area contributed by atoms with Gasteiger partial charge in [0.1, 0.15) is 5.25 Å². The number of benzene rings is 2. The molecular weight excluding hydrogens is 388 g/mol. The van der Waals surface area contributed by atoms with Crippen molar-refractivity contribution in [3.05, 3.63) is 60.2 Å². The maximum absolute atomic E-state index is 12.4. The Kier molecular flexibility index (Phi) is 8.73. The predicted molar refractivity (Wildman–Crippen MR) is 115 cm³/mol. The number of thioether (sulfide) groups is 1. The fourth-order valence-corrected chi connectivity index (χ4v) is 3.51. The third-order valence-corrected chi connectivity index (χ3v) is 5.27. The Morgan fingerprint density at radius 3 is 2.38 bits per heavy atom.